The van der Waals surface area contributed by atoms with Crippen molar-refractivity contribution in [2.24, 2.45) is 17.6 Å². The van der Waals surface area contributed by atoms with Gasteiger partial charge in [-0.15, -0.1) is 0 Å². The Morgan fingerprint density at radius 2 is 1.41 bits per heavy atom. The number of ether oxygens (including phenoxy) is 1. The number of rotatable bonds is 12. The first-order valence-electron chi connectivity index (χ1n) is 12.7. The fourth-order valence-electron chi connectivity index (χ4n) is 4.09. The molecule has 0 radical (unpaired) electrons. The van der Waals surface area contributed by atoms with Crippen LogP contribution in [0.25, 0.3) is 0 Å². The first kappa shape index (κ1) is 29.8. The zero-order valence-corrected chi connectivity index (χ0v) is 22.4. The van der Waals surface area contributed by atoms with Gasteiger partial charge in [-0.2, -0.15) is 0 Å². The molecule has 5 N–H and O–H groups in total. The molecule has 0 aliphatic heterocycles. The third-order valence-electron chi connectivity index (χ3n) is 5.96. The van der Waals surface area contributed by atoms with Crippen LogP contribution in [0, 0.1) is 11.8 Å². The van der Waals surface area contributed by atoms with Gasteiger partial charge in [0.25, 0.3) is 0 Å². The third kappa shape index (κ3) is 10.6. The van der Waals surface area contributed by atoms with Crippen LogP contribution in [-0.2, 0) is 27.2 Å². The molecule has 8 heteroatoms. The zero-order valence-electron chi connectivity index (χ0n) is 22.4. The number of benzene rings is 2. The van der Waals surface area contributed by atoms with Crippen molar-refractivity contribution in [1.82, 2.24) is 10.6 Å². The Morgan fingerprint density at radius 3 is 1.86 bits per heavy atom. The topological polar surface area (TPSA) is 131 Å². The number of aliphatic hydroxyl groups excluding tert-OH is 1. The number of primary amides is 1. The maximum absolute atomic E-state index is 13.4. The van der Waals surface area contributed by atoms with Gasteiger partial charge in [-0.1, -0.05) is 74.5 Å². The number of amides is 3. The Bertz CT molecular complexity index is 1010. The van der Waals surface area contributed by atoms with Crippen LogP contribution in [0.2, 0.25) is 0 Å². The number of hydrogen-bond acceptors (Lipinski definition) is 5. The highest BCUT2D eigenvalue weighted by molar-refractivity contribution is 5.87. The Kier molecular flexibility index (Phi) is 11.1. The highest BCUT2D eigenvalue weighted by Gasteiger charge is 2.32. The van der Waals surface area contributed by atoms with Crippen LogP contribution < -0.4 is 16.4 Å². The van der Waals surface area contributed by atoms with E-state index in [1.54, 1.807) is 34.6 Å². The SMILES string of the molecule is CC(C)[C@H](NC(=O)[C@H](Cc1ccccc1)C[C@H](O)[C@H](Cc1ccccc1)NC(=O)OC(C)(C)C)C(N)=O. The summed E-state index contributed by atoms with van der Waals surface area (Å²) in [6.45, 7) is 8.90. The standard InChI is InChI=1S/C29H41N3O5/c1-19(2)25(26(30)34)32-27(35)22(16-20-12-8-6-9-13-20)18-24(33)23(17-21-14-10-7-11-15-21)31-28(36)37-29(3,4)5/h6-15,19,22-25,33H,16-18H2,1-5H3,(H2,30,34)(H,31,36)(H,32,35)/t22-,23+,24+,25+/m1/s1. The van der Waals surface area contributed by atoms with E-state index in [-0.39, 0.29) is 18.2 Å². The van der Waals surface area contributed by atoms with Gasteiger partial charge in [-0.25, -0.2) is 4.79 Å². The summed E-state index contributed by atoms with van der Waals surface area (Å²) < 4.78 is 5.42. The summed E-state index contributed by atoms with van der Waals surface area (Å²) in [7, 11) is 0. The van der Waals surface area contributed by atoms with E-state index < -0.39 is 41.7 Å². The first-order valence-corrected chi connectivity index (χ1v) is 12.7. The molecule has 8 nitrogen and oxygen atoms in total. The number of carbonyl (C=O) groups is 3. The number of hydrogen-bond donors (Lipinski definition) is 4. The largest absolute Gasteiger partial charge is 0.444 e. The van der Waals surface area contributed by atoms with E-state index in [1.807, 2.05) is 60.7 Å². The van der Waals surface area contributed by atoms with Crippen molar-refractivity contribution < 1.29 is 24.2 Å². The molecule has 0 aliphatic rings. The van der Waals surface area contributed by atoms with Crippen molar-refractivity contribution >= 4 is 17.9 Å². The van der Waals surface area contributed by atoms with Gasteiger partial charge in [0.05, 0.1) is 12.1 Å². The van der Waals surface area contributed by atoms with Crippen LogP contribution >= 0.6 is 0 Å². The molecule has 2 aromatic rings. The average Bonchev–Trinajstić information content (AvgIpc) is 2.81. The highest BCUT2D eigenvalue weighted by Crippen LogP contribution is 2.20. The molecule has 2 rings (SSSR count). The molecule has 0 unspecified atom stereocenters. The number of aliphatic hydroxyl groups is 1. The van der Waals surface area contributed by atoms with E-state index in [0.29, 0.717) is 12.8 Å². The molecule has 0 spiro atoms. The predicted molar refractivity (Wildman–Crippen MR) is 144 cm³/mol. The molecule has 37 heavy (non-hydrogen) atoms. The number of alkyl carbamates (subject to hydrolysis) is 1. The van der Waals surface area contributed by atoms with Gasteiger partial charge in [0.1, 0.15) is 11.6 Å². The maximum atomic E-state index is 13.4. The van der Waals surface area contributed by atoms with E-state index in [2.05, 4.69) is 10.6 Å². The van der Waals surface area contributed by atoms with E-state index in [4.69, 9.17) is 10.5 Å². The summed E-state index contributed by atoms with van der Waals surface area (Å²) in [5.74, 6) is -1.85. The van der Waals surface area contributed by atoms with Crippen LogP contribution in [0.5, 0.6) is 0 Å². The summed E-state index contributed by atoms with van der Waals surface area (Å²) in [4.78, 5) is 37.9. The molecule has 0 saturated carbocycles. The minimum atomic E-state index is -1.07. The lowest BCUT2D eigenvalue weighted by Gasteiger charge is -2.30. The van der Waals surface area contributed by atoms with E-state index in [0.717, 1.165) is 11.1 Å². The minimum absolute atomic E-state index is 0.0532. The Morgan fingerprint density at radius 1 is 0.892 bits per heavy atom. The molecule has 202 valence electrons. The van der Waals surface area contributed by atoms with Crippen molar-refractivity contribution in [2.75, 3.05) is 0 Å². The molecule has 0 bridgehead atoms. The van der Waals surface area contributed by atoms with Crippen LogP contribution in [0.15, 0.2) is 60.7 Å². The van der Waals surface area contributed by atoms with E-state index in [9.17, 15) is 19.5 Å². The van der Waals surface area contributed by atoms with Gasteiger partial charge in [-0.3, -0.25) is 9.59 Å². The average molecular weight is 512 g/mol. The van der Waals surface area contributed by atoms with Crippen LogP contribution in [0.4, 0.5) is 4.79 Å². The minimum Gasteiger partial charge on any atom is -0.444 e. The van der Waals surface area contributed by atoms with Crippen molar-refractivity contribution in [3.63, 3.8) is 0 Å². The predicted octanol–water partition coefficient (Wildman–Crippen LogP) is 3.36. The second kappa shape index (κ2) is 13.8. The smallest absolute Gasteiger partial charge is 0.407 e. The lowest BCUT2D eigenvalue weighted by molar-refractivity contribution is -0.131. The number of nitrogens with one attached hydrogen (secondary N) is 2. The van der Waals surface area contributed by atoms with Crippen molar-refractivity contribution in [3.05, 3.63) is 71.8 Å². The van der Waals surface area contributed by atoms with Crippen molar-refractivity contribution in [2.45, 2.75) is 77.7 Å². The first-order chi connectivity index (χ1) is 17.4. The summed E-state index contributed by atoms with van der Waals surface area (Å²) in [6, 6.07) is 17.4. The molecule has 3 amide bonds. The second-order valence-corrected chi connectivity index (χ2v) is 10.8. The fourth-order valence-corrected chi connectivity index (χ4v) is 4.09. The third-order valence-corrected chi connectivity index (χ3v) is 5.96. The molecule has 0 heterocycles. The second-order valence-electron chi connectivity index (χ2n) is 10.8. The zero-order chi connectivity index (χ0) is 27.6. The van der Waals surface area contributed by atoms with E-state index in [1.165, 1.54) is 0 Å². The number of carbonyl (C=O) groups excluding carboxylic acids is 3. The van der Waals surface area contributed by atoms with E-state index >= 15 is 0 Å². The lowest BCUT2D eigenvalue weighted by atomic mass is 9.88. The molecular formula is C29H41N3O5. The van der Waals surface area contributed by atoms with Gasteiger partial charge in [0.15, 0.2) is 0 Å². The highest BCUT2D eigenvalue weighted by atomic mass is 16.6. The summed E-state index contributed by atoms with van der Waals surface area (Å²) >= 11 is 0. The normalized spacial score (nSPS) is 14.8. The monoisotopic (exact) mass is 511 g/mol. The lowest BCUT2D eigenvalue weighted by Crippen LogP contribution is -2.51. The number of nitrogens with two attached hydrogens (primary N) is 1. The Hall–Kier alpha value is -3.39. The molecule has 0 saturated heterocycles. The molecule has 0 aliphatic carbocycles. The maximum Gasteiger partial charge on any atom is 0.407 e. The summed E-state index contributed by atoms with van der Waals surface area (Å²) in [5.41, 5.74) is 6.64. The van der Waals surface area contributed by atoms with Crippen molar-refractivity contribution in [3.8, 4) is 0 Å². The molecule has 0 fully saturated rings. The van der Waals surface area contributed by atoms with Gasteiger partial charge < -0.3 is 26.2 Å². The molecule has 4 atom stereocenters. The van der Waals surface area contributed by atoms with Crippen LogP contribution in [0.1, 0.15) is 52.2 Å². The molecule has 0 aromatic heterocycles. The molecular weight excluding hydrogens is 470 g/mol. The van der Waals surface area contributed by atoms with Gasteiger partial charge in [0.2, 0.25) is 11.8 Å². The quantitative estimate of drug-likeness (QED) is 0.347. The van der Waals surface area contributed by atoms with Gasteiger partial charge in [-0.05, 0) is 57.1 Å². The fraction of sp³-hybridized carbons (Fsp3) is 0.483. The van der Waals surface area contributed by atoms with Gasteiger partial charge in [0, 0.05) is 5.92 Å². The Labute approximate surface area is 220 Å². The summed E-state index contributed by atoms with van der Waals surface area (Å²) in [5, 5.41) is 16.9. The van der Waals surface area contributed by atoms with Gasteiger partial charge >= 0.3 is 6.09 Å². The molecule has 2 aromatic carbocycles. The van der Waals surface area contributed by atoms with Crippen LogP contribution in [-0.4, -0.2) is 46.8 Å². The van der Waals surface area contributed by atoms with Crippen molar-refractivity contribution in [1.29, 1.82) is 0 Å². The Balaban J connectivity index is 2.28. The summed E-state index contributed by atoms with van der Waals surface area (Å²) in [6.07, 6.45) is -0.977. The van der Waals surface area contributed by atoms with Crippen LogP contribution in [0.3, 0.4) is 0 Å².